The number of anilines is 4. The summed E-state index contributed by atoms with van der Waals surface area (Å²) in [4.78, 5) is 9.75. The van der Waals surface area contributed by atoms with Gasteiger partial charge >= 0.3 is 6.18 Å². The predicted molar refractivity (Wildman–Crippen MR) is 105 cm³/mol. The second-order valence-electron chi connectivity index (χ2n) is 6.50. The summed E-state index contributed by atoms with van der Waals surface area (Å²) in [5, 5.41) is 2.77. The number of hydrogen-bond acceptors (Lipinski definition) is 4. The van der Waals surface area contributed by atoms with Crippen molar-refractivity contribution in [3.05, 3.63) is 71.4 Å². The minimum absolute atomic E-state index is 0.173. The molecule has 0 amide bonds. The SMILES string of the molecule is CCc1ccc(N(C)c2ncc(C(F)(F)F)c(Nc3ccc(C)cc3)n2)cc1. The Bertz CT molecular complexity index is 935. The summed E-state index contributed by atoms with van der Waals surface area (Å²) < 4.78 is 40.3. The molecule has 2 aromatic carbocycles. The highest BCUT2D eigenvalue weighted by molar-refractivity contribution is 5.64. The highest BCUT2D eigenvalue weighted by atomic mass is 19.4. The molecule has 0 radical (unpaired) electrons. The van der Waals surface area contributed by atoms with Gasteiger partial charge in [0.15, 0.2) is 0 Å². The minimum Gasteiger partial charge on any atom is -0.340 e. The standard InChI is InChI=1S/C21H21F3N4/c1-4-15-7-11-17(12-8-15)28(3)20-25-13-18(21(22,23)24)19(27-20)26-16-9-5-14(2)6-10-16/h5-13H,4H2,1-3H3,(H,25,26,27). The molecule has 0 atom stereocenters. The van der Waals surface area contributed by atoms with Gasteiger partial charge in [-0.2, -0.15) is 18.2 Å². The van der Waals surface area contributed by atoms with Crippen molar-refractivity contribution in [2.24, 2.45) is 0 Å². The molecule has 1 heterocycles. The van der Waals surface area contributed by atoms with E-state index in [0.717, 1.165) is 23.9 Å². The van der Waals surface area contributed by atoms with E-state index in [2.05, 4.69) is 22.2 Å². The smallest absolute Gasteiger partial charge is 0.340 e. The van der Waals surface area contributed by atoms with E-state index in [1.807, 2.05) is 43.3 Å². The Morgan fingerprint density at radius 3 is 2.21 bits per heavy atom. The van der Waals surface area contributed by atoms with Crippen molar-refractivity contribution < 1.29 is 13.2 Å². The molecule has 4 nitrogen and oxygen atoms in total. The third-order valence-corrected chi connectivity index (χ3v) is 4.43. The van der Waals surface area contributed by atoms with Crippen LogP contribution in [0.3, 0.4) is 0 Å². The average molecular weight is 386 g/mol. The largest absolute Gasteiger partial charge is 0.421 e. The Morgan fingerprint density at radius 2 is 1.64 bits per heavy atom. The van der Waals surface area contributed by atoms with Crippen LogP contribution in [0.4, 0.5) is 36.3 Å². The van der Waals surface area contributed by atoms with Gasteiger partial charge in [-0.25, -0.2) is 4.98 Å². The van der Waals surface area contributed by atoms with Crippen LogP contribution in [0.1, 0.15) is 23.6 Å². The summed E-state index contributed by atoms with van der Waals surface area (Å²) in [6, 6.07) is 14.8. The number of hydrogen-bond donors (Lipinski definition) is 1. The van der Waals surface area contributed by atoms with Gasteiger partial charge in [0.2, 0.25) is 5.95 Å². The number of aryl methyl sites for hydroxylation is 2. The van der Waals surface area contributed by atoms with Gasteiger partial charge in [0.25, 0.3) is 0 Å². The maximum atomic E-state index is 13.4. The number of halogens is 3. The molecule has 0 bridgehead atoms. The molecule has 146 valence electrons. The molecule has 0 saturated heterocycles. The summed E-state index contributed by atoms with van der Waals surface area (Å²) in [5.74, 6) is -0.106. The number of rotatable bonds is 5. The molecule has 0 unspecified atom stereocenters. The third-order valence-electron chi connectivity index (χ3n) is 4.43. The van der Waals surface area contributed by atoms with Crippen LogP contribution in [-0.4, -0.2) is 17.0 Å². The third kappa shape index (κ3) is 4.42. The second kappa shape index (κ2) is 7.88. The van der Waals surface area contributed by atoms with Crippen molar-refractivity contribution in [1.29, 1.82) is 0 Å². The Balaban J connectivity index is 1.97. The Morgan fingerprint density at radius 1 is 1.00 bits per heavy atom. The van der Waals surface area contributed by atoms with Crippen LogP contribution in [0, 0.1) is 6.92 Å². The first-order valence-corrected chi connectivity index (χ1v) is 8.88. The summed E-state index contributed by atoms with van der Waals surface area (Å²) in [6.45, 7) is 3.97. The summed E-state index contributed by atoms with van der Waals surface area (Å²) in [7, 11) is 1.72. The molecule has 0 fully saturated rings. The second-order valence-corrected chi connectivity index (χ2v) is 6.50. The highest BCUT2D eigenvalue weighted by Gasteiger charge is 2.35. The van der Waals surface area contributed by atoms with E-state index in [4.69, 9.17) is 0 Å². The summed E-state index contributed by atoms with van der Waals surface area (Å²) in [5.41, 5.74) is 2.59. The fourth-order valence-electron chi connectivity index (χ4n) is 2.68. The van der Waals surface area contributed by atoms with Crippen molar-refractivity contribution in [1.82, 2.24) is 9.97 Å². The maximum absolute atomic E-state index is 13.4. The molecule has 28 heavy (non-hydrogen) atoms. The van der Waals surface area contributed by atoms with E-state index in [0.29, 0.717) is 5.69 Å². The van der Waals surface area contributed by atoms with Crippen LogP contribution >= 0.6 is 0 Å². The monoisotopic (exact) mass is 386 g/mol. The van der Waals surface area contributed by atoms with Crippen molar-refractivity contribution in [3.8, 4) is 0 Å². The van der Waals surface area contributed by atoms with Gasteiger partial charge in [0.05, 0.1) is 0 Å². The molecule has 0 aliphatic rings. The van der Waals surface area contributed by atoms with Crippen LogP contribution in [0.5, 0.6) is 0 Å². The van der Waals surface area contributed by atoms with Crippen LogP contribution in [0.25, 0.3) is 0 Å². The van der Waals surface area contributed by atoms with Crippen LogP contribution in [0.2, 0.25) is 0 Å². The number of aromatic nitrogens is 2. The summed E-state index contributed by atoms with van der Waals surface area (Å²) in [6.07, 6.45) is -2.84. The lowest BCUT2D eigenvalue weighted by Crippen LogP contribution is -2.17. The van der Waals surface area contributed by atoms with Crippen molar-refractivity contribution >= 4 is 23.1 Å². The number of alkyl halides is 3. The molecule has 0 aliphatic carbocycles. The van der Waals surface area contributed by atoms with E-state index in [-0.39, 0.29) is 11.8 Å². The molecule has 3 rings (SSSR count). The first-order chi connectivity index (χ1) is 13.3. The van der Waals surface area contributed by atoms with Crippen molar-refractivity contribution in [2.45, 2.75) is 26.4 Å². The molecule has 3 aromatic rings. The van der Waals surface area contributed by atoms with E-state index in [9.17, 15) is 13.2 Å². The molecule has 0 saturated carbocycles. The molecular formula is C21H21F3N4. The lowest BCUT2D eigenvalue weighted by molar-refractivity contribution is -0.137. The van der Waals surface area contributed by atoms with Gasteiger partial charge in [-0.3, -0.25) is 0 Å². The van der Waals surface area contributed by atoms with Crippen LogP contribution < -0.4 is 10.2 Å². The van der Waals surface area contributed by atoms with E-state index >= 15 is 0 Å². The Labute approximate surface area is 162 Å². The number of benzene rings is 2. The fraction of sp³-hybridized carbons (Fsp3) is 0.238. The van der Waals surface area contributed by atoms with Gasteiger partial charge in [-0.15, -0.1) is 0 Å². The topological polar surface area (TPSA) is 41.1 Å². The minimum atomic E-state index is -4.56. The summed E-state index contributed by atoms with van der Waals surface area (Å²) >= 11 is 0. The average Bonchev–Trinajstić information content (AvgIpc) is 2.68. The van der Waals surface area contributed by atoms with E-state index in [1.165, 1.54) is 5.56 Å². The van der Waals surface area contributed by atoms with Gasteiger partial charge < -0.3 is 10.2 Å². The first-order valence-electron chi connectivity index (χ1n) is 8.88. The molecule has 1 N–H and O–H groups in total. The zero-order valence-electron chi connectivity index (χ0n) is 15.9. The fourth-order valence-corrected chi connectivity index (χ4v) is 2.68. The van der Waals surface area contributed by atoms with Gasteiger partial charge in [-0.1, -0.05) is 36.8 Å². The zero-order valence-corrected chi connectivity index (χ0v) is 15.9. The lowest BCUT2D eigenvalue weighted by atomic mass is 10.1. The predicted octanol–water partition coefficient (Wildman–Crippen LogP) is 5.88. The highest BCUT2D eigenvalue weighted by Crippen LogP contribution is 2.36. The van der Waals surface area contributed by atoms with E-state index in [1.54, 1.807) is 24.1 Å². The maximum Gasteiger partial charge on any atom is 0.421 e. The lowest BCUT2D eigenvalue weighted by Gasteiger charge is -2.20. The van der Waals surface area contributed by atoms with Gasteiger partial charge in [-0.05, 0) is 43.2 Å². The normalized spacial score (nSPS) is 11.4. The Hall–Kier alpha value is -3.09. The zero-order chi connectivity index (χ0) is 20.3. The first kappa shape index (κ1) is 19.7. The molecule has 1 aromatic heterocycles. The number of nitrogens with one attached hydrogen (secondary N) is 1. The van der Waals surface area contributed by atoms with Crippen molar-refractivity contribution in [3.63, 3.8) is 0 Å². The molecule has 0 spiro atoms. The number of nitrogens with zero attached hydrogens (tertiary/aromatic N) is 3. The molecular weight excluding hydrogens is 365 g/mol. The van der Waals surface area contributed by atoms with Crippen LogP contribution in [-0.2, 0) is 12.6 Å². The Kier molecular flexibility index (Phi) is 5.53. The van der Waals surface area contributed by atoms with E-state index < -0.39 is 11.7 Å². The van der Waals surface area contributed by atoms with Gasteiger partial charge in [0.1, 0.15) is 11.4 Å². The molecule has 7 heteroatoms. The van der Waals surface area contributed by atoms with Gasteiger partial charge in [0, 0.05) is 24.6 Å². The van der Waals surface area contributed by atoms with Crippen molar-refractivity contribution in [2.75, 3.05) is 17.3 Å². The quantitative estimate of drug-likeness (QED) is 0.595. The molecule has 0 aliphatic heterocycles. The van der Waals surface area contributed by atoms with Crippen LogP contribution in [0.15, 0.2) is 54.7 Å².